The number of phenolic OH excluding ortho intramolecular Hbond substituents is 2. The Hall–Kier alpha value is -4.30. The van der Waals surface area contributed by atoms with Crippen LogP contribution in [0.5, 0.6) is 11.5 Å². The molecule has 0 aliphatic rings. The maximum Gasteiger partial charge on any atom is 0.123 e. The maximum absolute atomic E-state index is 9.37. The molecular formula is C40H54O2. The molecule has 0 atom stereocenters. The average molecular weight is 567 g/mol. The van der Waals surface area contributed by atoms with Crippen LogP contribution in [0.4, 0.5) is 0 Å². The van der Waals surface area contributed by atoms with Crippen LogP contribution in [0.3, 0.4) is 0 Å². The van der Waals surface area contributed by atoms with Gasteiger partial charge in [0.25, 0.3) is 0 Å². The van der Waals surface area contributed by atoms with Gasteiger partial charge in [-0.2, -0.15) is 0 Å². The largest absolute Gasteiger partial charge is 0.508 e. The fraction of sp³-hybridized carbons (Fsp3) is 0.250. The molecule has 0 aromatic heterocycles. The predicted molar refractivity (Wildman–Crippen MR) is 192 cm³/mol. The van der Waals surface area contributed by atoms with Crippen molar-refractivity contribution in [3.05, 3.63) is 133 Å². The van der Waals surface area contributed by atoms with Crippen molar-refractivity contribution in [1.82, 2.24) is 0 Å². The number of benzene rings is 6. The Balaban J connectivity index is 0. The molecule has 2 N–H and O–H groups in total. The van der Waals surface area contributed by atoms with Gasteiger partial charge in [-0.05, 0) is 45.1 Å². The lowest BCUT2D eigenvalue weighted by Crippen LogP contribution is -1.70. The number of phenols is 2. The van der Waals surface area contributed by atoms with Crippen molar-refractivity contribution in [2.45, 2.75) is 69.2 Å². The summed E-state index contributed by atoms with van der Waals surface area (Å²) in [4.78, 5) is 0. The van der Waals surface area contributed by atoms with Crippen LogP contribution >= 0.6 is 0 Å². The van der Waals surface area contributed by atoms with Crippen LogP contribution in [0.25, 0.3) is 32.3 Å². The number of aromatic hydroxyl groups is 2. The van der Waals surface area contributed by atoms with E-state index in [9.17, 15) is 5.11 Å². The number of rotatable bonds is 0. The van der Waals surface area contributed by atoms with Gasteiger partial charge in [-0.25, -0.2) is 0 Å². The number of hydrogen-bond donors (Lipinski definition) is 2. The molecule has 0 heterocycles. The average Bonchev–Trinajstić information content (AvgIpc) is 3.10. The van der Waals surface area contributed by atoms with Gasteiger partial charge in [0.15, 0.2) is 0 Å². The van der Waals surface area contributed by atoms with E-state index in [1.807, 2.05) is 136 Å². The summed E-state index contributed by atoms with van der Waals surface area (Å²) in [6.07, 6.45) is 0. The molecular weight excluding hydrogens is 512 g/mol. The smallest absolute Gasteiger partial charge is 0.123 e. The maximum atomic E-state index is 9.37. The van der Waals surface area contributed by atoms with Crippen molar-refractivity contribution in [3.63, 3.8) is 0 Å². The summed E-state index contributed by atoms with van der Waals surface area (Å²) < 4.78 is 0. The molecule has 2 nitrogen and oxygen atoms in total. The molecule has 6 aromatic carbocycles. The zero-order valence-corrected chi connectivity index (χ0v) is 27.6. The minimum Gasteiger partial charge on any atom is -0.508 e. The van der Waals surface area contributed by atoms with E-state index >= 15 is 0 Å². The lowest BCUT2D eigenvalue weighted by molar-refractivity contribution is 0.476. The predicted octanol–water partition coefficient (Wildman–Crippen LogP) is 13.1. The Labute approximate surface area is 256 Å². The van der Waals surface area contributed by atoms with Crippen molar-refractivity contribution >= 4 is 32.3 Å². The highest BCUT2D eigenvalue weighted by Gasteiger charge is 1.94. The van der Waals surface area contributed by atoms with Gasteiger partial charge in [-0.3, -0.25) is 0 Å². The third kappa shape index (κ3) is 14.4. The second-order valence-electron chi connectivity index (χ2n) is 7.38. The van der Waals surface area contributed by atoms with E-state index in [-0.39, 0.29) is 0 Å². The molecule has 0 amide bonds. The highest BCUT2D eigenvalue weighted by atomic mass is 16.3. The first-order chi connectivity index (χ1) is 20.7. The zero-order valence-electron chi connectivity index (χ0n) is 27.6. The van der Waals surface area contributed by atoms with Crippen LogP contribution in [-0.2, 0) is 0 Å². The topological polar surface area (TPSA) is 40.5 Å². The number of hydrogen-bond acceptors (Lipinski definition) is 2. The van der Waals surface area contributed by atoms with Crippen LogP contribution in [-0.4, -0.2) is 10.2 Å². The summed E-state index contributed by atoms with van der Waals surface area (Å²) in [6.45, 7) is 20.0. The summed E-state index contributed by atoms with van der Waals surface area (Å²) in [7, 11) is 0. The second-order valence-corrected chi connectivity index (χ2v) is 7.38. The SMILES string of the molecule is CC.CC.CC.CC.CC.Oc1ccc2ccccc2c1.Oc1cccc2ccccc12.c1ccc2ccccc2c1. The molecule has 0 fully saturated rings. The zero-order chi connectivity index (χ0) is 32.2. The summed E-state index contributed by atoms with van der Waals surface area (Å²) in [5.41, 5.74) is 0. The molecule has 6 aromatic rings. The highest BCUT2D eigenvalue weighted by molar-refractivity contribution is 5.87. The van der Waals surface area contributed by atoms with E-state index in [0.717, 1.165) is 21.5 Å². The Bertz CT molecular complexity index is 1380. The van der Waals surface area contributed by atoms with Gasteiger partial charge in [-0.1, -0.05) is 184 Å². The van der Waals surface area contributed by atoms with E-state index in [2.05, 4.69) is 48.5 Å². The van der Waals surface area contributed by atoms with Gasteiger partial charge in [0.05, 0.1) is 0 Å². The fourth-order valence-electron chi connectivity index (χ4n) is 3.52. The standard InChI is InChI=1S/2C10H8O.C10H8.5C2H6/c11-10-7-3-5-8-4-1-2-6-9(8)10;11-10-6-5-8-3-1-2-4-9(8)7-10;1-2-6-10-8-4-3-7-9(10)5-1;5*1-2/h2*1-7,11H;1-8H;5*1-2H3. The molecule has 42 heavy (non-hydrogen) atoms. The summed E-state index contributed by atoms with van der Waals surface area (Å²) in [6, 6.07) is 43.3. The molecule has 226 valence electrons. The lowest BCUT2D eigenvalue weighted by Gasteiger charge is -1.97. The highest BCUT2D eigenvalue weighted by Crippen LogP contribution is 2.23. The number of fused-ring (bicyclic) bond motifs is 3. The summed E-state index contributed by atoms with van der Waals surface area (Å²) >= 11 is 0. The molecule has 6 rings (SSSR count). The molecule has 0 radical (unpaired) electrons. The van der Waals surface area contributed by atoms with Crippen LogP contribution in [0, 0.1) is 0 Å². The van der Waals surface area contributed by atoms with E-state index < -0.39 is 0 Å². The first kappa shape index (κ1) is 39.8. The van der Waals surface area contributed by atoms with Gasteiger partial charge < -0.3 is 10.2 Å². The van der Waals surface area contributed by atoms with Crippen LogP contribution < -0.4 is 0 Å². The second kappa shape index (κ2) is 26.9. The molecule has 0 aliphatic heterocycles. The van der Waals surface area contributed by atoms with Crippen molar-refractivity contribution in [1.29, 1.82) is 0 Å². The normalized spacial score (nSPS) is 8.43. The van der Waals surface area contributed by atoms with E-state index in [1.54, 1.807) is 18.2 Å². The molecule has 0 aliphatic carbocycles. The van der Waals surface area contributed by atoms with Crippen LogP contribution in [0.1, 0.15) is 69.2 Å². The van der Waals surface area contributed by atoms with Gasteiger partial charge in [0, 0.05) is 5.39 Å². The van der Waals surface area contributed by atoms with Crippen molar-refractivity contribution < 1.29 is 10.2 Å². The monoisotopic (exact) mass is 566 g/mol. The van der Waals surface area contributed by atoms with Gasteiger partial charge >= 0.3 is 0 Å². The van der Waals surface area contributed by atoms with Gasteiger partial charge in [-0.15, -0.1) is 0 Å². The van der Waals surface area contributed by atoms with Gasteiger partial charge in [0.2, 0.25) is 0 Å². The Morgan fingerprint density at radius 2 is 0.643 bits per heavy atom. The Morgan fingerprint density at radius 1 is 0.310 bits per heavy atom. The van der Waals surface area contributed by atoms with Crippen LogP contribution in [0.2, 0.25) is 0 Å². The minimum absolute atomic E-state index is 0.323. The quantitative estimate of drug-likeness (QED) is 0.192. The third-order valence-electron chi connectivity index (χ3n) is 5.16. The molecule has 0 spiro atoms. The third-order valence-corrected chi connectivity index (χ3v) is 5.16. The first-order valence-corrected chi connectivity index (χ1v) is 15.5. The molecule has 0 saturated heterocycles. The van der Waals surface area contributed by atoms with Gasteiger partial charge in [0.1, 0.15) is 11.5 Å². The molecule has 2 heteroatoms. The molecule has 0 unspecified atom stereocenters. The van der Waals surface area contributed by atoms with E-state index in [4.69, 9.17) is 5.11 Å². The Morgan fingerprint density at radius 3 is 1.07 bits per heavy atom. The first-order valence-electron chi connectivity index (χ1n) is 15.5. The minimum atomic E-state index is 0.323. The van der Waals surface area contributed by atoms with Crippen LogP contribution in [0.15, 0.2) is 133 Å². The summed E-state index contributed by atoms with van der Waals surface area (Å²) in [5, 5.41) is 25.3. The van der Waals surface area contributed by atoms with E-state index in [0.29, 0.717) is 11.5 Å². The summed E-state index contributed by atoms with van der Waals surface area (Å²) in [5.74, 6) is 0.673. The fourth-order valence-corrected chi connectivity index (χ4v) is 3.52. The van der Waals surface area contributed by atoms with Crippen molar-refractivity contribution in [3.8, 4) is 11.5 Å². The van der Waals surface area contributed by atoms with Crippen molar-refractivity contribution in [2.75, 3.05) is 0 Å². The van der Waals surface area contributed by atoms with E-state index in [1.165, 1.54) is 10.8 Å². The molecule has 0 saturated carbocycles. The Kier molecular flexibility index (Phi) is 25.5. The lowest BCUT2D eigenvalue weighted by atomic mass is 10.1. The van der Waals surface area contributed by atoms with Crippen molar-refractivity contribution in [2.24, 2.45) is 0 Å². The molecule has 0 bridgehead atoms.